The van der Waals surface area contributed by atoms with Crippen LogP contribution in [0.4, 0.5) is 16.3 Å². The predicted octanol–water partition coefficient (Wildman–Crippen LogP) is 1.64. The molecule has 3 rings (SSSR count). The number of rotatable bonds is 5. The number of nitrogens with one attached hydrogen (secondary N) is 2. The second-order valence-corrected chi connectivity index (χ2v) is 5.52. The van der Waals surface area contributed by atoms with Gasteiger partial charge in [-0.05, 0) is 23.8 Å². The minimum Gasteiger partial charge on any atom is -0.481 e. The molecule has 2 aromatic heterocycles. The zero-order chi connectivity index (χ0) is 17.5. The van der Waals surface area contributed by atoms with E-state index in [2.05, 4.69) is 25.5 Å². The van der Waals surface area contributed by atoms with Gasteiger partial charge < -0.3 is 25.0 Å². The quantitative estimate of drug-likeness (QED) is 0.858. The van der Waals surface area contributed by atoms with Crippen LogP contribution in [0.2, 0.25) is 0 Å². The van der Waals surface area contributed by atoms with Gasteiger partial charge in [0.25, 0.3) is 0 Å². The fourth-order valence-electron chi connectivity index (χ4n) is 2.47. The molecule has 0 atom stereocenters. The van der Waals surface area contributed by atoms with E-state index in [-0.39, 0.29) is 6.03 Å². The number of carbonyl (C=O) groups is 1. The maximum Gasteiger partial charge on any atom is 0.319 e. The average molecular weight is 343 g/mol. The maximum atomic E-state index is 12.0. The van der Waals surface area contributed by atoms with Crippen LogP contribution in [0, 0.1) is 0 Å². The highest BCUT2D eigenvalue weighted by atomic mass is 16.5. The smallest absolute Gasteiger partial charge is 0.319 e. The van der Waals surface area contributed by atoms with Crippen molar-refractivity contribution in [2.24, 2.45) is 0 Å². The number of ether oxygens (including phenoxy) is 2. The van der Waals surface area contributed by atoms with E-state index >= 15 is 0 Å². The number of amides is 2. The third-order valence-electron chi connectivity index (χ3n) is 3.80. The zero-order valence-electron chi connectivity index (χ0n) is 14.1. The molecule has 0 unspecified atom stereocenters. The van der Waals surface area contributed by atoms with Crippen molar-refractivity contribution >= 4 is 17.5 Å². The summed E-state index contributed by atoms with van der Waals surface area (Å²) in [5.74, 6) is 1.40. The van der Waals surface area contributed by atoms with Gasteiger partial charge in [-0.15, -0.1) is 0 Å². The number of hydrogen-bond acceptors (Lipinski definition) is 6. The minimum atomic E-state index is -0.295. The topological polar surface area (TPSA) is 88.6 Å². The summed E-state index contributed by atoms with van der Waals surface area (Å²) < 4.78 is 10.4. The lowest BCUT2D eigenvalue weighted by Crippen LogP contribution is -2.36. The Kier molecular flexibility index (Phi) is 5.63. The third kappa shape index (κ3) is 4.80. The lowest BCUT2D eigenvalue weighted by molar-refractivity contribution is 0.122. The predicted molar refractivity (Wildman–Crippen MR) is 93.9 cm³/mol. The summed E-state index contributed by atoms with van der Waals surface area (Å²) in [7, 11) is 1.56. The van der Waals surface area contributed by atoms with Gasteiger partial charge in [-0.3, -0.25) is 0 Å². The SMILES string of the molecule is COc1cc(CNC(=O)Nc2ccc(N3CCOCC3)nc2)ccn1. The molecule has 2 N–H and O–H groups in total. The fourth-order valence-corrected chi connectivity index (χ4v) is 2.47. The van der Waals surface area contributed by atoms with E-state index in [0.717, 1.165) is 24.5 Å². The Morgan fingerprint density at radius 1 is 1.28 bits per heavy atom. The Balaban J connectivity index is 1.50. The van der Waals surface area contributed by atoms with E-state index in [1.165, 1.54) is 0 Å². The van der Waals surface area contributed by atoms with Crippen molar-refractivity contribution < 1.29 is 14.3 Å². The van der Waals surface area contributed by atoms with Gasteiger partial charge in [-0.25, -0.2) is 14.8 Å². The summed E-state index contributed by atoms with van der Waals surface area (Å²) in [4.78, 5) is 22.6. The molecule has 8 nitrogen and oxygen atoms in total. The van der Waals surface area contributed by atoms with Crippen molar-refractivity contribution in [1.82, 2.24) is 15.3 Å². The first-order chi connectivity index (χ1) is 12.2. The lowest BCUT2D eigenvalue weighted by Gasteiger charge is -2.27. The molecule has 1 aliphatic heterocycles. The van der Waals surface area contributed by atoms with E-state index in [4.69, 9.17) is 9.47 Å². The molecule has 0 radical (unpaired) electrons. The summed E-state index contributed by atoms with van der Waals surface area (Å²) in [5, 5.41) is 5.56. The highest BCUT2D eigenvalue weighted by Gasteiger charge is 2.12. The summed E-state index contributed by atoms with van der Waals surface area (Å²) in [6, 6.07) is 7.04. The Labute approximate surface area is 146 Å². The van der Waals surface area contributed by atoms with Crippen LogP contribution < -0.4 is 20.3 Å². The number of aromatic nitrogens is 2. The molecule has 132 valence electrons. The van der Waals surface area contributed by atoms with E-state index in [0.29, 0.717) is 31.3 Å². The minimum absolute atomic E-state index is 0.295. The number of carbonyl (C=O) groups excluding carboxylic acids is 1. The summed E-state index contributed by atoms with van der Waals surface area (Å²) in [5.41, 5.74) is 1.55. The van der Waals surface area contributed by atoms with Gasteiger partial charge in [-0.2, -0.15) is 0 Å². The number of urea groups is 1. The van der Waals surface area contributed by atoms with Crippen molar-refractivity contribution in [2.45, 2.75) is 6.54 Å². The van der Waals surface area contributed by atoms with Crippen LogP contribution in [0.5, 0.6) is 5.88 Å². The second kappa shape index (κ2) is 8.29. The van der Waals surface area contributed by atoms with Crippen LogP contribution in [-0.2, 0) is 11.3 Å². The Hall–Kier alpha value is -2.87. The van der Waals surface area contributed by atoms with E-state index in [9.17, 15) is 4.79 Å². The second-order valence-electron chi connectivity index (χ2n) is 5.52. The van der Waals surface area contributed by atoms with Crippen LogP contribution in [-0.4, -0.2) is 49.4 Å². The van der Waals surface area contributed by atoms with E-state index in [1.807, 2.05) is 18.2 Å². The lowest BCUT2D eigenvalue weighted by atomic mass is 10.2. The van der Waals surface area contributed by atoms with Crippen LogP contribution in [0.15, 0.2) is 36.7 Å². The summed E-state index contributed by atoms with van der Waals surface area (Å²) in [6.45, 7) is 3.46. The molecule has 2 aromatic rings. The molecule has 8 heteroatoms. The van der Waals surface area contributed by atoms with Gasteiger partial charge >= 0.3 is 6.03 Å². The normalized spacial score (nSPS) is 14.0. The van der Waals surface area contributed by atoms with Crippen LogP contribution in [0.3, 0.4) is 0 Å². The highest BCUT2D eigenvalue weighted by Crippen LogP contribution is 2.15. The van der Waals surface area contributed by atoms with Crippen molar-refractivity contribution in [3.63, 3.8) is 0 Å². The molecule has 25 heavy (non-hydrogen) atoms. The average Bonchev–Trinajstić information content (AvgIpc) is 2.68. The Morgan fingerprint density at radius 3 is 2.84 bits per heavy atom. The van der Waals surface area contributed by atoms with Gasteiger partial charge in [0.1, 0.15) is 5.82 Å². The molecule has 1 fully saturated rings. The number of nitrogens with zero attached hydrogens (tertiary/aromatic N) is 3. The van der Waals surface area contributed by atoms with E-state index < -0.39 is 0 Å². The monoisotopic (exact) mass is 343 g/mol. The molecule has 0 bridgehead atoms. The molecule has 1 aliphatic rings. The number of morpholine rings is 1. The largest absolute Gasteiger partial charge is 0.481 e. The molecule has 1 saturated heterocycles. The van der Waals surface area contributed by atoms with Crippen molar-refractivity contribution in [3.05, 3.63) is 42.2 Å². The summed E-state index contributed by atoms with van der Waals surface area (Å²) in [6.07, 6.45) is 3.29. The first kappa shape index (κ1) is 17.0. The van der Waals surface area contributed by atoms with Gasteiger partial charge in [0.15, 0.2) is 0 Å². The maximum absolute atomic E-state index is 12.0. The molecule has 0 aliphatic carbocycles. The summed E-state index contributed by atoms with van der Waals surface area (Å²) >= 11 is 0. The Bertz CT molecular complexity index is 702. The molecule has 0 aromatic carbocycles. The highest BCUT2D eigenvalue weighted by molar-refractivity contribution is 5.89. The van der Waals surface area contributed by atoms with Gasteiger partial charge in [0.05, 0.1) is 32.2 Å². The molecule has 3 heterocycles. The zero-order valence-corrected chi connectivity index (χ0v) is 14.1. The molecule has 0 saturated carbocycles. The molecular weight excluding hydrogens is 322 g/mol. The third-order valence-corrected chi connectivity index (χ3v) is 3.80. The van der Waals surface area contributed by atoms with Gasteiger partial charge in [-0.1, -0.05) is 0 Å². The molecule has 2 amide bonds. The number of hydrogen-bond donors (Lipinski definition) is 2. The standard InChI is InChI=1S/C17H21N5O3/c1-24-16-10-13(4-5-18-16)11-20-17(23)21-14-2-3-15(19-12-14)22-6-8-25-9-7-22/h2-5,10,12H,6-9,11H2,1H3,(H2,20,21,23). The van der Waals surface area contributed by atoms with Crippen LogP contribution in [0.1, 0.15) is 5.56 Å². The van der Waals surface area contributed by atoms with Crippen LogP contribution >= 0.6 is 0 Å². The van der Waals surface area contributed by atoms with Crippen molar-refractivity contribution in [2.75, 3.05) is 43.6 Å². The Morgan fingerprint density at radius 2 is 2.12 bits per heavy atom. The van der Waals surface area contributed by atoms with Gasteiger partial charge in [0.2, 0.25) is 5.88 Å². The van der Waals surface area contributed by atoms with Crippen molar-refractivity contribution in [3.8, 4) is 5.88 Å². The van der Waals surface area contributed by atoms with Crippen LogP contribution in [0.25, 0.3) is 0 Å². The number of anilines is 2. The first-order valence-electron chi connectivity index (χ1n) is 8.07. The fraction of sp³-hybridized carbons (Fsp3) is 0.353. The number of pyridine rings is 2. The van der Waals surface area contributed by atoms with E-state index in [1.54, 1.807) is 25.6 Å². The molecular formula is C17H21N5O3. The molecule has 0 spiro atoms. The number of methoxy groups -OCH3 is 1. The van der Waals surface area contributed by atoms with Crippen molar-refractivity contribution in [1.29, 1.82) is 0 Å². The first-order valence-corrected chi connectivity index (χ1v) is 8.07. The van der Waals surface area contributed by atoms with Gasteiger partial charge in [0, 0.05) is 31.9 Å².